The molecule has 2 aliphatic rings. The molecule has 0 amide bonds. The predicted octanol–water partition coefficient (Wildman–Crippen LogP) is 3.65. The molecule has 0 bridgehead atoms. The summed E-state index contributed by atoms with van der Waals surface area (Å²) in [7, 11) is 0. The number of amidine groups is 1. The van der Waals surface area contributed by atoms with E-state index < -0.39 is 5.72 Å². The molecule has 24 heavy (non-hydrogen) atoms. The minimum Gasteiger partial charge on any atom is -0.346 e. The first-order chi connectivity index (χ1) is 11.7. The van der Waals surface area contributed by atoms with Crippen LogP contribution in [0.2, 0.25) is 0 Å². The zero-order valence-corrected chi connectivity index (χ0v) is 14.3. The summed E-state index contributed by atoms with van der Waals surface area (Å²) in [6.07, 6.45) is 4.70. The van der Waals surface area contributed by atoms with Crippen molar-refractivity contribution in [2.45, 2.75) is 38.3 Å². The Morgan fingerprint density at radius 2 is 1.71 bits per heavy atom. The van der Waals surface area contributed by atoms with E-state index >= 15 is 0 Å². The molecule has 1 atom stereocenters. The minimum absolute atomic E-state index is 0.639. The van der Waals surface area contributed by atoms with Crippen LogP contribution in [-0.4, -0.2) is 28.6 Å². The number of aliphatic hydroxyl groups is 1. The Morgan fingerprint density at radius 3 is 2.46 bits per heavy atom. The molecule has 124 valence electrons. The molecular weight excluding hydrogens is 296 g/mol. The van der Waals surface area contributed by atoms with Gasteiger partial charge in [0.2, 0.25) is 0 Å². The number of hydrogen-bond donors (Lipinski definition) is 1. The van der Waals surface area contributed by atoms with Crippen molar-refractivity contribution in [3.8, 4) is 0 Å². The molecule has 3 heteroatoms. The summed E-state index contributed by atoms with van der Waals surface area (Å²) in [5.41, 5.74) is 2.28. The minimum atomic E-state index is -0.997. The highest BCUT2D eigenvalue weighted by Crippen LogP contribution is 2.37. The lowest BCUT2D eigenvalue weighted by molar-refractivity contribution is -0.534. The Balaban J connectivity index is 1.84. The SMILES string of the molecule is Cc1ccc(N2C3=[N+](CCCCC3)C[C@@]2(O)c2ccccc2)cc1. The van der Waals surface area contributed by atoms with E-state index in [1.54, 1.807) is 0 Å². The molecule has 0 saturated heterocycles. The molecule has 2 heterocycles. The highest BCUT2D eigenvalue weighted by atomic mass is 16.3. The highest BCUT2D eigenvalue weighted by Gasteiger charge is 2.53. The van der Waals surface area contributed by atoms with E-state index in [9.17, 15) is 5.11 Å². The van der Waals surface area contributed by atoms with Crippen LogP contribution in [0.5, 0.6) is 0 Å². The first-order valence-corrected chi connectivity index (χ1v) is 8.94. The van der Waals surface area contributed by atoms with E-state index in [0.717, 1.165) is 24.2 Å². The highest BCUT2D eigenvalue weighted by molar-refractivity contribution is 5.97. The topological polar surface area (TPSA) is 26.5 Å². The van der Waals surface area contributed by atoms with Crippen molar-refractivity contribution in [2.24, 2.45) is 0 Å². The first-order valence-electron chi connectivity index (χ1n) is 8.94. The summed E-state index contributed by atoms with van der Waals surface area (Å²) < 4.78 is 2.39. The fourth-order valence-corrected chi connectivity index (χ4v) is 4.01. The Morgan fingerprint density at radius 1 is 0.958 bits per heavy atom. The van der Waals surface area contributed by atoms with Crippen molar-refractivity contribution < 1.29 is 9.68 Å². The van der Waals surface area contributed by atoms with Gasteiger partial charge in [0.1, 0.15) is 5.69 Å². The van der Waals surface area contributed by atoms with Gasteiger partial charge in [0, 0.05) is 12.0 Å². The maximum atomic E-state index is 11.7. The summed E-state index contributed by atoms with van der Waals surface area (Å²) in [6.45, 7) is 3.77. The van der Waals surface area contributed by atoms with Gasteiger partial charge >= 0.3 is 0 Å². The lowest BCUT2D eigenvalue weighted by Crippen LogP contribution is -2.47. The molecule has 0 radical (unpaired) electrons. The molecule has 0 aromatic heterocycles. The molecule has 2 aliphatic heterocycles. The van der Waals surface area contributed by atoms with Crippen LogP contribution in [0.15, 0.2) is 54.6 Å². The number of aryl methyl sites for hydroxylation is 1. The van der Waals surface area contributed by atoms with E-state index in [-0.39, 0.29) is 0 Å². The number of benzene rings is 2. The van der Waals surface area contributed by atoms with Crippen molar-refractivity contribution in [1.82, 2.24) is 0 Å². The van der Waals surface area contributed by atoms with Crippen LogP contribution in [0.25, 0.3) is 0 Å². The maximum Gasteiger partial charge on any atom is 0.275 e. The summed E-state index contributed by atoms with van der Waals surface area (Å²) in [5, 5.41) is 11.7. The van der Waals surface area contributed by atoms with E-state index in [2.05, 4.69) is 40.7 Å². The van der Waals surface area contributed by atoms with Crippen molar-refractivity contribution in [1.29, 1.82) is 0 Å². The van der Waals surface area contributed by atoms with Gasteiger partial charge in [-0.2, -0.15) is 4.90 Å². The van der Waals surface area contributed by atoms with Crippen molar-refractivity contribution in [2.75, 3.05) is 18.0 Å². The third-order valence-corrected chi connectivity index (χ3v) is 5.26. The Hall–Kier alpha value is -2.13. The van der Waals surface area contributed by atoms with Crippen LogP contribution in [-0.2, 0) is 5.72 Å². The predicted molar refractivity (Wildman–Crippen MR) is 97.5 cm³/mol. The third kappa shape index (κ3) is 2.53. The fourth-order valence-electron chi connectivity index (χ4n) is 4.01. The third-order valence-electron chi connectivity index (χ3n) is 5.26. The van der Waals surface area contributed by atoms with Crippen molar-refractivity contribution in [3.05, 3.63) is 65.7 Å². The van der Waals surface area contributed by atoms with Gasteiger partial charge in [-0.05, 0) is 38.3 Å². The zero-order valence-electron chi connectivity index (χ0n) is 14.3. The van der Waals surface area contributed by atoms with Crippen molar-refractivity contribution in [3.63, 3.8) is 0 Å². The molecule has 1 N–H and O–H groups in total. The summed E-state index contributed by atoms with van der Waals surface area (Å²) in [5.74, 6) is 1.27. The summed E-state index contributed by atoms with van der Waals surface area (Å²) in [4.78, 5) is 2.17. The van der Waals surface area contributed by atoms with Gasteiger partial charge in [-0.3, -0.25) is 4.58 Å². The molecule has 0 fully saturated rings. The molecule has 2 aromatic rings. The number of rotatable bonds is 2. The quantitative estimate of drug-likeness (QED) is 0.855. The summed E-state index contributed by atoms with van der Waals surface area (Å²) in [6, 6.07) is 18.6. The monoisotopic (exact) mass is 321 g/mol. The summed E-state index contributed by atoms with van der Waals surface area (Å²) >= 11 is 0. The van der Waals surface area contributed by atoms with E-state index in [4.69, 9.17) is 0 Å². The van der Waals surface area contributed by atoms with Crippen LogP contribution >= 0.6 is 0 Å². The lowest BCUT2D eigenvalue weighted by atomic mass is 10.00. The van der Waals surface area contributed by atoms with Gasteiger partial charge in [-0.25, -0.2) is 0 Å². The van der Waals surface area contributed by atoms with Gasteiger partial charge in [-0.15, -0.1) is 0 Å². The molecular formula is C21H25N2O+. The standard InChI is InChI=1S/C21H25N2O/c1-17-11-13-19(14-12-17)23-20-10-6-3-7-15-22(20)16-21(23,24)18-8-4-2-5-9-18/h2,4-5,8-9,11-14,24H,3,6-7,10,15-16H2,1H3/q+1/t21-/m1/s1. The van der Waals surface area contributed by atoms with E-state index in [0.29, 0.717) is 6.54 Å². The average Bonchev–Trinajstić information content (AvgIpc) is 2.74. The molecule has 3 nitrogen and oxygen atoms in total. The van der Waals surface area contributed by atoms with Crippen LogP contribution in [0.4, 0.5) is 5.69 Å². The van der Waals surface area contributed by atoms with Crippen LogP contribution in [0.3, 0.4) is 0 Å². The average molecular weight is 321 g/mol. The molecule has 4 rings (SSSR count). The Labute approximate surface area is 143 Å². The van der Waals surface area contributed by atoms with Gasteiger partial charge in [-0.1, -0.05) is 48.0 Å². The largest absolute Gasteiger partial charge is 0.346 e. The fraction of sp³-hybridized carbons (Fsp3) is 0.381. The Bertz CT molecular complexity index is 751. The first kappa shape index (κ1) is 15.4. The van der Waals surface area contributed by atoms with Crippen molar-refractivity contribution >= 4 is 11.5 Å². The smallest absolute Gasteiger partial charge is 0.275 e. The molecule has 0 aliphatic carbocycles. The maximum absolute atomic E-state index is 11.7. The Kier molecular flexibility index (Phi) is 3.89. The van der Waals surface area contributed by atoms with Gasteiger partial charge in [0.05, 0.1) is 6.54 Å². The van der Waals surface area contributed by atoms with Gasteiger partial charge < -0.3 is 5.11 Å². The van der Waals surface area contributed by atoms with Gasteiger partial charge in [0.15, 0.2) is 6.54 Å². The second kappa shape index (κ2) is 6.06. The van der Waals surface area contributed by atoms with E-state index in [1.165, 1.54) is 30.7 Å². The van der Waals surface area contributed by atoms with Crippen LogP contribution in [0.1, 0.15) is 36.8 Å². The molecule has 0 unspecified atom stereocenters. The second-order valence-corrected chi connectivity index (χ2v) is 7.00. The number of anilines is 1. The molecule has 0 saturated carbocycles. The molecule has 0 spiro atoms. The van der Waals surface area contributed by atoms with E-state index in [1.807, 2.05) is 30.3 Å². The lowest BCUT2D eigenvalue weighted by Gasteiger charge is -2.29. The second-order valence-electron chi connectivity index (χ2n) is 7.00. The van der Waals surface area contributed by atoms with Gasteiger partial charge in [0.25, 0.3) is 11.6 Å². The number of nitrogens with zero attached hydrogens (tertiary/aromatic N) is 2. The van der Waals surface area contributed by atoms with Crippen LogP contribution < -0.4 is 4.90 Å². The van der Waals surface area contributed by atoms with Crippen LogP contribution in [0, 0.1) is 6.92 Å². The molecule has 2 aromatic carbocycles. The normalized spacial score (nSPS) is 24.0. The number of hydrogen-bond acceptors (Lipinski definition) is 2. The zero-order chi connectivity index (χ0) is 16.6.